The molecule has 2 heterocycles. The average Bonchev–Trinajstić information content (AvgIpc) is 2.99. The summed E-state index contributed by atoms with van der Waals surface area (Å²) in [7, 11) is 0. The minimum atomic E-state index is -1.28. The molecule has 3 aromatic rings. The molecule has 1 atom stereocenters. The number of carbonyl (C=O) groups is 1. The number of hydrogen-bond acceptors (Lipinski definition) is 4. The Morgan fingerprint density at radius 1 is 1.33 bits per heavy atom. The van der Waals surface area contributed by atoms with E-state index in [0.717, 1.165) is 0 Å². The van der Waals surface area contributed by atoms with Crippen LogP contribution < -0.4 is 0 Å². The number of aliphatic carboxylic acids is 1. The van der Waals surface area contributed by atoms with Gasteiger partial charge in [0.15, 0.2) is 6.10 Å². The molecule has 1 aromatic carbocycles. The molecule has 0 aliphatic carbocycles. The molecular weight excluding hydrogens is 389 g/mol. The number of rotatable bonds is 4. The molecule has 0 bridgehead atoms. The first-order valence-electron chi connectivity index (χ1n) is 8.32. The van der Waals surface area contributed by atoms with E-state index in [1.165, 1.54) is 17.4 Å². The van der Waals surface area contributed by atoms with E-state index in [1.54, 1.807) is 39.8 Å². The first kappa shape index (κ1) is 19.7. The highest BCUT2D eigenvalue weighted by atomic mass is 35.5. The number of carboxylic acid groups (broad SMARTS) is 1. The molecule has 0 amide bonds. The van der Waals surface area contributed by atoms with Gasteiger partial charge in [-0.25, -0.2) is 9.18 Å². The van der Waals surface area contributed by atoms with Crippen LogP contribution in [0.4, 0.5) is 4.39 Å². The average molecular weight is 408 g/mol. The van der Waals surface area contributed by atoms with Crippen LogP contribution in [-0.2, 0) is 9.53 Å². The summed E-state index contributed by atoms with van der Waals surface area (Å²) in [5.41, 5.74) is 1.57. The van der Waals surface area contributed by atoms with Crippen molar-refractivity contribution in [1.29, 1.82) is 0 Å². The summed E-state index contributed by atoms with van der Waals surface area (Å²) < 4.78 is 21.3. The minimum absolute atomic E-state index is 0.270. The lowest BCUT2D eigenvalue weighted by Crippen LogP contribution is -2.28. The molecule has 0 unspecified atom stereocenters. The SMILES string of the molecule is Cc1nc2ccsc2c(-c2ccc(Cl)cc2F)c1[C@H](OC(C)(C)C)C(=O)O. The molecule has 2 aromatic heterocycles. The number of carboxylic acids is 1. The molecule has 0 spiro atoms. The monoisotopic (exact) mass is 407 g/mol. The molecule has 0 radical (unpaired) electrons. The van der Waals surface area contributed by atoms with Gasteiger partial charge in [0.2, 0.25) is 0 Å². The van der Waals surface area contributed by atoms with Crippen LogP contribution in [0.3, 0.4) is 0 Å². The third-order valence-corrected chi connectivity index (χ3v) is 5.13. The molecule has 3 rings (SSSR count). The van der Waals surface area contributed by atoms with Crippen molar-refractivity contribution in [3.05, 3.63) is 51.7 Å². The number of nitrogens with zero attached hydrogens (tertiary/aromatic N) is 1. The number of aryl methyl sites for hydroxylation is 1. The van der Waals surface area contributed by atoms with E-state index in [9.17, 15) is 14.3 Å². The maximum atomic E-state index is 14.8. The Labute approximate surface area is 165 Å². The fourth-order valence-corrected chi connectivity index (χ4v) is 4.05. The number of halogens is 2. The van der Waals surface area contributed by atoms with Crippen molar-refractivity contribution in [2.45, 2.75) is 39.4 Å². The largest absolute Gasteiger partial charge is 0.479 e. The van der Waals surface area contributed by atoms with Gasteiger partial charge in [-0.15, -0.1) is 11.3 Å². The summed E-state index contributed by atoms with van der Waals surface area (Å²) in [4.78, 5) is 16.6. The fourth-order valence-electron chi connectivity index (χ4n) is 2.99. The summed E-state index contributed by atoms with van der Waals surface area (Å²) in [6.45, 7) is 7.04. The first-order chi connectivity index (χ1) is 12.6. The highest BCUT2D eigenvalue weighted by Crippen LogP contribution is 2.42. The second-order valence-corrected chi connectivity index (χ2v) is 8.55. The predicted molar refractivity (Wildman–Crippen MR) is 106 cm³/mol. The van der Waals surface area contributed by atoms with Crippen LogP contribution in [0.25, 0.3) is 21.3 Å². The maximum Gasteiger partial charge on any atom is 0.337 e. The lowest BCUT2D eigenvalue weighted by atomic mass is 9.93. The topological polar surface area (TPSA) is 59.4 Å². The zero-order chi connectivity index (χ0) is 19.9. The number of benzene rings is 1. The van der Waals surface area contributed by atoms with Crippen molar-refractivity contribution < 1.29 is 19.0 Å². The Bertz CT molecular complexity index is 1030. The second-order valence-electron chi connectivity index (χ2n) is 7.19. The molecule has 0 aliphatic heterocycles. The van der Waals surface area contributed by atoms with E-state index in [4.69, 9.17) is 16.3 Å². The summed E-state index contributed by atoms with van der Waals surface area (Å²) in [6.07, 6.45) is -1.28. The Morgan fingerprint density at radius 2 is 2.04 bits per heavy atom. The van der Waals surface area contributed by atoms with Gasteiger partial charge < -0.3 is 9.84 Å². The van der Waals surface area contributed by atoms with Crippen molar-refractivity contribution in [2.24, 2.45) is 0 Å². The van der Waals surface area contributed by atoms with Gasteiger partial charge in [0.1, 0.15) is 5.82 Å². The van der Waals surface area contributed by atoms with Gasteiger partial charge in [0.25, 0.3) is 0 Å². The van der Waals surface area contributed by atoms with Crippen molar-refractivity contribution in [3.63, 3.8) is 0 Å². The summed E-state index contributed by atoms with van der Waals surface area (Å²) >= 11 is 7.29. The number of pyridine rings is 1. The summed E-state index contributed by atoms with van der Waals surface area (Å²) in [5, 5.41) is 12.0. The normalized spacial score (nSPS) is 13.1. The minimum Gasteiger partial charge on any atom is -0.479 e. The standard InChI is InChI=1S/C20H19ClFNO3S/c1-10-15(17(19(24)25)26-20(2,3)4)16(18-14(23-10)7-8-27-18)12-6-5-11(21)9-13(12)22/h5-9,17H,1-4H3,(H,24,25)/t17-/m0/s1. The van der Waals surface area contributed by atoms with Crippen molar-refractivity contribution in [3.8, 4) is 11.1 Å². The quantitative estimate of drug-likeness (QED) is 0.575. The number of hydrogen-bond donors (Lipinski definition) is 1. The highest BCUT2D eigenvalue weighted by molar-refractivity contribution is 7.17. The summed E-state index contributed by atoms with van der Waals surface area (Å²) in [6, 6.07) is 6.19. The van der Waals surface area contributed by atoms with Crippen LogP contribution in [-0.4, -0.2) is 21.7 Å². The smallest absolute Gasteiger partial charge is 0.337 e. The van der Waals surface area contributed by atoms with Gasteiger partial charge in [-0.1, -0.05) is 11.6 Å². The van der Waals surface area contributed by atoms with E-state index in [1.807, 2.05) is 11.4 Å². The van der Waals surface area contributed by atoms with Gasteiger partial charge in [-0.3, -0.25) is 4.98 Å². The maximum absolute atomic E-state index is 14.8. The van der Waals surface area contributed by atoms with Crippen LogP contribution in [0, 0.1) is 12.7 Å². The predicted octanol–water partition coefficient (Wildman–Crippen LogP) is 6.01. The number of aromatic nitrogens is 1. The number of thiophene rings is 1. The lowest BCUT2D eigenvalue weighted by Gasteiger charge is -2.27. The number of ether oxygens (including phenoxy) is 1. The van der Waals surface area contributed by atoms with Crippen molar-refractivity contribution >= 4 is 39.1 Å². The van der Waals surface area contributed by atoms with Crippen LogP contribution in [0.1, 0.15) is 38.1 Å². The molecule has 0 aliphatic rings. The second kappa shape index (κ2) is 7.19. The molecule has 0 saturated heterocycles. The van der Waals surface area contributed by atoms with Crippen LogP contribution in [0.5, 0.6) is 0 Å². The molecule has 1 N–H and O–H groups in total. The molecule has 0 saturated carbocycles. The van der Waals surface area contributed by atoms with E-state index in [0.29, 0.717) is 27.0 Å². The Morgan fingerprint density at radius 3 is 2.63 bits per heavy atom. The molecule has 142 valence electrons. The molecule has 27 heavy (non-hydrogen) atoms. The Kier molecular flexibility index (Phi) is 5.25. The molecule has 4 nitrogen and oxygen atoms in total. The van der Waals surface area contributed by atoms with Gasteiger partial charge in [-0.05, 0) is 57.3 Å². The summed E-state index contributed by atoms with van der Waals surface area (Å²) in [5.74, 6) is -1.68. The van der Waals surface area contributed by atoms with Gasteiger partial charge in [-0.2, -0.15) is 0 Å². The van der Waals surface area contributed by atoms with E-state index in [2.05, 4.69) is 4.98 Å². The highest BCUT2D eigenvalue weighted by Gasteiger charge is 2.33. The fraction of sp³-hybridized carbons (Fsp3) is 0.300. The van der Waals surface area contributed by atoms with Crippen molar-refractivity contribution in [2.75, 3.05) is 0 Å². The Balaban J connectivity index is 2.38. The van der Waals surface area contributed by atoms with Crippen LogP contribution in [0.2, 0.25) is 5.02 Å². The molecule has 0 fully saturated rings. The van der Waals surface area contributed by atoms with E-state index < -0.39 is 23.5 Å². The van der Waals surface area contributed by atoms with E-state index >= 15 is 0 Å². The first-order valence-corrected chi connectivity index (χ1v) is 9.58. The van der Waals surface area contributed by atoms with Gasteiger partial charge >= 0.3 is 5.97 Å². The van der Waals surface area contributed by atoms with Gasteiger partial charge in [0, 0.05) is 27.4 Å². The van der Waals surface area contributed by atoms with E-state index in [-0.39, 0.29) is 10.6 Å². The molecule has 7 heteroatoms. The Hall–Kier alpha value is -2.02. The third-order valence-electron chi connectivity index (χ3n) is 3.98. The number of fused-ring (bicyclic) bond motifs is 1. The zero-order valence-electron chi connectivity index (χ0n) is 15.3. The van der Waals surface area contributed by atoms with Crippen LogP contribution in [0.15, 0.2) is 29.6 Å². The van der Waals surface area contributed by atoms with Gasteiger partial charge in [0.05, 0.1) is 15.8 Å². The van der Waals surface area contributed by atoms with Crippen LogP contribution >= 0.6 is 22.9 Å². The molecular formula is C20H19ClFNO3S. The van der Waals surface area contributed by atoms with Crippen molar-refractivity contribution in [1.82, 2.24) is 4.98 Å². The third kappa shape index (κ3) is 3.98. The zero-order valence-corrected chi connectivity index (χ0v) is 16.9. The lowest BCUT2D eigenvalue weighted by molar-refractivity contribution is -0.160.